The van der Waals surface area contributed by atoms with Crippen molar-refractivity contribution in [1.29, 1.82) is 0 Å². The van der Waals surface area contributed by atoms with E-state index in [1.165, 1.54) is 118 Å². The Bertz CT molecular complexity index is 2640. The second-order valence-electron chi connectivity index (χ2n) is 21.2. The Hall–Kier alpha value is -4.88. The van der Waals surface area contributed by atoms with Gasteiger partial charge in [-0.1, -0.05) is 139 Å². The molecule has 7 aliphatic carbocycles. The number of nitrogens with zero attached hydrogens (tertiary/aromatic N) is 1. The molecule has 0 atom stereocenters. The van der Waals surface area contributed by atoms with Gasteiger partial charge >= 0.3 is 0 Å². The van der Waals surface area contributed by atoms with Crippen molar-refractivity contribution in [2.75, 3.05) is 4.90 Å². The van der Waals surface area contributed by atoms with E-state index < -0.39 is 0 Å². The summed E-state index contributed by atoms with van der Waals surface area (Å²) in [5.74, 6) is 3.32. The summed E-state index contributed by atoms with van der Waals surface area (Å²) in [5, 5.41) is 0. The van der Waals surface area contributed by atoms with Crippen molar-refractivity contribution < 1.29 is 0 Å². The highest BCUT2D eigenvalue weighted by Crippen LogP contribution is 2.70. The largest absolute Gasteiger partial charge is 0.310 e. The minimum Gasteiger partial charge on any atom is -0.310 e. The van der Waals surface area contributed by atoms with Crippen LogP contribution in [-0.4, -0.2) is 0 Å². The molecule has 290 valence electrons. The second kappa shape index (κ2) is 11.9. The minimum atomic E-state index is -0.0832. The Morgan fingerprint density at radius 3 is 1.76 bits per heavy atom. The molecule has 0 saturated heterocycles. The fourth-order valence-electron chi connectivity index (χ4n) is 14.4. The van der Waals surface area contributed by atoms with Crippen molar-refractivity contribution in [2.45, 2.75) is 108 Å². The lowest BCUT2D eigenvalue weighted by Crippen LogP contribution is -2.55. The van der Waals surface area contributed by atoms with E-state index in [1.807, 2.05) is 0 Å². The highest BCUT2D eigenvalue weighted by Gasteiger charge is 2.62. The molecule has 1 heteroatoms. The van der Waals surface area contributed by atoms with Gasteiger partial charge in [-0.05, 0) is 171 Å². The molecule has 7 aliphatic rings. The predicted molar refractivity (Wildman–Crippen MR) is 243 cm³/mol. The monoisotopic (exact) mass is 755 g/mol. The number of hydrogen-bond acceptors (Lipinski definition) is 1. The average molecular weight is 756 g/mol. The van der Waals surface area contributed by atoms with Crippen LogP contribution in [0.2, 0.25) is 0 Å². The first kappa shape index (κ1) is 35.1. The van der Waals surface area contributed by atoms with Crippen LogP contribution >= 0.6 is 0 Å². The van der Waals surface area contributed by atoms with Crippen LogP contribution < -0.4 is 4.90 Å². The van der Waals surface area contributed by atoms with Gasteiger partial charge in [0.2, 0.25) is 0 Å². The molecule has 0 heterocycles. The number of hydrogen-bond donors (Lipinski definition) is 0. The Morgan fingerprint density at radius 2 is 1.02 bits per heavy atom. The zero-order valence-electron chi connectivity index (χ0n) is 35.3. The van der Waals surface area contributed by atoms with Crippen LogP contribution in [0.4, 0.5) is 17.1 Å². The van der Waals surface area contributed by atoms with Gasteiger partial charge in [-0.2, -0.15) is 0 Å². The third kappa shape index (κ3) is 4.60. The Kier molecular flexibility index (Phi) is 7.18. The second-order valence-corrected chi connectivity index (χ2v) is 21.2. The molecule has 0 aromatic heterocycles. The van der Waals surface area contributed by atoms with Crippen molar-refractivity contribution in [3.63, 3.8) is 0 Å². The summed E-state index contributed by atoms with van der Waals surface area (Å²) in [6, 6.07) is 50.1. The lowest BCUT2D eigenvalue weighted by Gasteiger charge is -2.61. The quantitative estimate of drug-likeness (QED) is 0.173. The first-order chi connectivity index (χ1) is 28.0. The molecule has 58 heavy (non-hydrogen) atoms. The molecule has 4 bridgehead atoms. The number of benzene rings is 6. The van der Waals surface area contributed by atoms with Crippen LogP contribution in [0.3, 0.4) is 0 Å². The summed E-state index contributed by atoms with van der Waals surface area (Å²) >= 11 is 0. The molecule has 1 nitrogen and oxygen atoms in total. The molecule has 6 aromatic carbocycles. The van der Waals surface area contributed by atoms with E-state index >= 15 is 0 Å². The van der Waals surface area contributed by atoms with E-state index in [9.17, 15) is 0 Å². The molecule has 13 rings (SSSR count). The predicted octanol–water partition coefficient (Wildman–Crippen LogP) is 15.2. The van der Waals surface area contributed by atoms with Gasteiger partial charge in [-0.25, -0.2) is 0 Å². The first-order valence-electron chi connectivity index (χ1n) is 22.5. The normalized spacial score (nSPS) is 26.8. The molecular formula is C57H57N. The molecular weight excluding hydrogens is 699 g/mol. The molecule has 0 amide bonds. The van der Waals surface area contributed by atoms with Gasteiger partial charge in [0.1, 0.15) is 0 Å². The zero-order valence-corrected chi connectivity index (χ0v) is 35.3. The Morgan fingerprint density at radius 1 is 0.448 bits per heavy atom. The maximum Gasteiger partial charge on any atom is 0.0543 e. The SMILES string of the molecule is CC1(C)CCC(C)(C)c2c(-c3ccc(N(c4ccc5c(c4)C(C)(C)c4ccccc4-5)c4cccc5c4-c4ccccc4C54C5CC6CC(C5)CC4C6)cc3)cccc21. The van der Waals surface area contributed by atoms with E-state index in [2.05, 4.69) is 174 Å². The summed E-state index contributed by atoms with van der Waals surface area (Å²) in [6.45, 7) is 14.6. The van der Waals surface area contributed by atoms with E-state index in [0.717, 1.165) is 23.7 Å². The Labute approximate surface area is 346 Å². The van der Waals surface area contributed by atoms with Crippen LogP contribution in [0.15, 0.2) is 127 Å². The van der Waals surface area contributed by atoms with Gasteiger partial charge in [0.05, 0.1) is 5.69 Å². The van der Waals surface area contributed by atoms with E-state index in [1.54, 1.807) is 11.1 Å². The standard InChI is InChI=1S/C57H57N/c1-54(2)27-28-55(3,4)53-42(15-11-19-49(53)54)37-21-23-40(24-22-37)58(41-25-26-44-43-13-7-9-16-46(43)56(5,6)50(44)34-41)51-20-12-18-48-52(51)45-14-8-10-17-47(45)57(48)38-30-35-29-36(32-38)33-39(57)31-35/h7-26,34-36,38-39H,27-33H2,1-6H3. The lowest BCUT2D eigenvalue weighted by atomic mass is 9.43. The van der Waals surface area contributed by atoms with Crippen molar-refractivity contribution in [3.8, 4) is 33.4 Å². The summed E-state index contributed by atoms with van der Waals surface area (Å²) in [7, 11) is 0. The number of anilines is 3. The van der Waals surface area contributed by atoms with Crippen molar-refractivity contribution in [2.24, 2.45) is 23.7 Å². The summed E-state index contributed by atoms with van der Waals surface area (Å²) < 4.78 is 0. The van der Waals surface area contributed by atoms with Crippen molar-refractivity contribution >= 4 is 17.1 Å². The third-order valence-electron chi connectivity index (χ3n) is 16.9. The summed E-state index contributed by atoms with van der Waals surface area (Å²) in [4.78, 5) is 2.63. The Balaban J connectivity index is 1.06. The maximum absolute atomic E-state index is 2.63. The molecule has 0 aliphatic heterocycles. The molecule has 0 N–H and O–H groups in total. The highest BCUT2D eigenvalue weighted by atomic mass is 15.1. The number of rotatable bonds is 4. The van der Waals surface area contributed by atoms with Gasteiger partial charge in [0.25, 0.3) is 0 Å². The fourth-order valence-corrected chi connectivity index (χ4v) is 14.4. The van der Waals surface area contributed by atoms with Crippen molar-refractivity contribution in [3.05, 3.63) is 161 Å². The fraction of sp³-hybridized carbons (Fsp3) is 0.368. The first-order valence-corrected chi connectivity index (χ1v) is 22.5. The smallest absolute Gasteiger partial charge is 0.0543 e. The average Bonchev–Trinajstić information content (AvgIpc) is 3.65. The van der Waals surface area contributed by atoms with Crippen LogP contribution in [0.1, 0.15) is 120 Å². The third-order valence-corrected chi connectivity index (χ3v) is 16.9. The number of fused-ring (bicyclic) bond motifs is 7. The van der Waals surface area contributed by atoms with Crippen LogP contribution in [0.25, 0.3) is 33.4 Å². The van der Waals surface area contributed by atoms with Gasteiger partial charge < -0.3 is 4.90 Å². The summed E-state index contributed by atoms with van der Waals surface area (Å²) in [6.07, 6.45) is 9.49. The zero-order chi connectivity index (χ0) is 39.3. The van der Waals surface area contributed by atoms with E-state index in [0.29, 0.717) is 0 Å². The minimum absolute atomic E-state index is 0.0832. The molecule has 1 spiro atoms. The molecule has 0 radical (unpaired) electrons. The van der Waals surface area contributed by atoms with Crippen LogP contribution in [-0.2, 0) is 21.7 Å². The summed E-state index contributed by atoms with van der Waals surface area (Å²) in [5.41, 5.74) is 21.6. The van der Waals surface area contributed by atoms with Gasteiger partial charge in [0.15, 0.2) is 0 Å². The maximum atomic E-state index is 2.63. The molecule has 4 fully saturated rings. The van der Waals surface area contributed by atoms with Gasteiger partial charge in [-0.15, -0.1) is 0 Å². The van der Waals surface area contributed by atoms with Crippen LogP contribution in [0.5, 0.6) is 0 Å². The lowest BCUT2D eigenvalue weighted by molar-refractivity contribution is -0.0399. The van der Waals surface area contributed by atoms with Crippen molar-refractivity contribution in [1.82, 2.24) is 0 Å². The molecule has 4 saturated carbocycles. The van der Waals surface area contributed by atoms with Gasteiger partial charge in [0, 0.05) is 27.8 Å². The van der Waals surface area contributed by atoms with Gasteiger partial charge in [-0.3, -0.25) is 0 Å². The van der Waals surface area contributed by atoms with Crippen LogP contribution in [0, 0.1) is 23.7 Å². The van der Waals surface area contributed by atoms with E-state index in [-0.39, 0.29) is 21.7 Å². The highest BCUT2D eigenvalue weighted by molar-refractivity contribution is 5.96. The topological polar surface area (TPSA) is 3.24 Å². The molecule has 0 unspecified atom stereocenters. The van der Waals surface area contributed by atoms with E-state index in [4.69, 9.17) is 0 Å². The molecule has 6 aromatic rings.